The Bertz CT molecular complexity index is 607. The van der Waals surface area contributed by atoms with Gasteiger partial charge in [-0.05, 0) is 12.1 Å². The number of halogens is 2. The first-order chi connectivity index (χ1) is 8.58. The van der Waals surface area contributed by atoms with Crippen molar-refractivity contribution in [3.8, 4) is 5.75 Å². The molecule has 0 fully saturated rings. The molecule has 2 aromatic rings. The SMILES string of the molecule is O=c1cc(CSc2c(Cl)cccc2Cl)[nH]cc1O. The zero-order chi connectivity index (χ0) is 13.1. The van der Waals surface area contributed by atoms with E-state index < -0.39 is 5.43 Å². The molecule has 0 bridgehead atoms. The van der Waals surface area contributed by atoms with Crippen molar-refractivity contribution in [2.24, 2.45) is 0 Å². The Morgan fingerprint density at radius 3 is 2.56 bits per heavy atom. The van der Waals surface area contributed by atoms with Gasteiger partial charge in [0.25, 0.3) is 0 Å². The van der Waals surface area contributed by atoms with E-state index in [1.165, 1.54) is 24.0 Å². The van der Waals surface area contributed by atoms with E-state index in [0.29, 0.717) is 21.5 Å². The first-order valence-electron chi connectivity index (χ1n) is 5.05. The number of thioether (sulfide) groups is 1. The molecule has 0 radical (unpaired) electrons. The van der Waals surface area contributed by atoms with Crippen LogP contribution in [-0.4, -0.2) is 10.1 Å². The van der Waals surface area contributed by atoms with Crippen molar-refractivity contribution in [1.29, 1.82) is 0 Å². The number of aromatic hydroxyl groups is 1. The summed E-state index contributed by atoms with van der Waals surface area (Å²) in [5.74, 6) is 0.221. The molecular formula is C12H9Cl2NO2S. The summed E-state index contributed by atoms with van der Waals surface area (Å²) in [6.07, 6.45) is 1.27. The predicted octanol–water partition coefficient (Wildman–Crippen LogP) is 3.68. The minimum absolute atomic E-state index is 0.292. The normalized spacial score (nSPS) is 10.6. The number of H-pyrrole nitrogens is 1. The molecule has 0 saturated heterocycles. The Kier molecular flexibility index (Phi) is 4.22. The fourth-order valence-corrected chi connectivity index (χ4v) is 2.96. The van der Waals surface area contributed by atoms with Crippen molar-refractivity contribution in [3.05, 3.63) is 56.4 Å². The number of aromatic amines is 1. The summed E-state index contributed by atoms with van der Waals surface area (Å²) >= 11 is 13.5. The van der Waals surface area contributed by atoms with Gasteiger partial charge in [-0.3, -0.25) is 4.79 Å². The number of nitrogens with one attached hydrogen (secondary N) is 1. The van der Waals surface area contributed by atoms with Gasteiger partial charge in [0.2, 0.25) is 5.43 Å². The highest BCUT2D eigenvalue weighted by Crippen LogP contribution is 2.35. The summed E-state index contributed by atoms with van der Waals surface area (Å²) in [5.41, 5.74) is 0.286. The first kappa shape index (κ1) is 13.3. The third-order valence-corrected chi connectivity index (χ3v) is 4.28. The molecule has 0 atom stereocenters. The lowest BCUT2D eigenvalue weighted by Gasteiger charge is -2.06. The highest BCUT2D eigenvalue weighted by atomic mass is 35.5. The molecule has 0 aliphatic rings. The summed E-state index contributed by atoms with van der Waals surface area (Å²) in [4.78, 5) is 14.9. The molecule has 1 aromatic carbocycles. The monoisotopic (exact) mass is 301 g/mol. The molecule has 0 spiro atoms. The van der Waals surface area contributed by atoms with Crippen LogP contribution in [0.3, 0.4) is 0 Å². The second-order valence-corrected chi connectivity index (χ2v) is 5.35. The second-order valence-electron chi connectivity index (χ2n) is 3.55. The molecule has 1 aromatic heterocycles. The molecule has 3 nitrogen and oxygen atoms in total. The Morgan fingerprint density at radius 1 is 1.28 bits per heavy atom. The summed E-state index contributed by atoms with van der Waals surface area (Å²) in [7, 11) is 0. The van der Waals surface area contributed by atoms with E-state index in [1.807, 2.05) is 0 Å². The standard InChI is InChI=1S/C12H9Cl2NO2S/c13-8-2-1-3-9(14)12(8)18-6-7-4-10(16)11(17)5-15-7/h1-5,17H,6H2,(H,15,16). The minimum Gasteiger partial charge on any atom is -0.503 e. The van der Waals surface area contributed by atoms with Gasteiger partial charge in [-0.1, -0.05) is 29.3 Å². The fourth-order valence-electron chi connectivity index (χ4n) is 1.36. The smallest absolute Gasteiger partial charge is 0.223 e. The molecule has 0 amide bonds. The molecular weight excluding hydrogens is 293 g/mol. The molecule has 2 rings (SSSR count). The lowest BCUT2D eigenvalue weighted by atomic mass is 10.3. The van der Waals surface area contributed by atoms with Crippen molar-refractivity contribution >= 4 is 35.0 Å². The summed E-state index contributed by atoms with van der Waals surface area (Å²) in [6.45, 7) is 0. The maximum atomic E-state index is 11.3. The molecule has 94 valence electrons. The van der Waals surface area contributed by atoms with Crippen LogP contribution in [0.25, 0.3) is 0 Å². The van der Waals surface area contributed by atoms with E-state index >= 15 is 0 Å². The summed E-state index contributed by atoms with van der Waals surface area (Å²) in [5, 5.41) is 10.3. The number of hydrogen-bond donors (Lipinski definition) is 2. The van der Waals surface area contributed by atoms with Crippen LogP contribution in [0.4, 0.5) is 0 Å². The lowest BCUT2D eigenvalue weighted by Crippen LogP contribution is -2.01. The van der Waals surface area contributed by atoms with Crippen LogP contribution in [0.1, 0.15) is 5.69 Å². The van der Waals surface area contributed by atoms with Crippen LogP contribution < -0.4 is 5.43 Å². The van der Waals surface area contributed by atoms with Crippen molar-refractivity contribution in [2.45, 2.75) is 10.6 Å². The van der Waals surface area contributed by atoms with E-state index in [-0.39, 0.29) is 5.75 Å². The van der Waals surface area contributed by atoms with Gasteiger partial charge >= 0.3 is 0 Å². The minimum atomic E-state index is -0.408. The van der Waals surface area contributed by atoms with Crippen LogP contribution in [0.5, 0.6) is 5.75 Å². The van der Waals surface area contributed by atoms with E-state index in [9.17, 15) is 4.79 Å². The second kappa shape index (κ2) is 5.69. The molecule has 1 heterocycles. The molecule has 2 N–H and O–H groups in total. The third-order valence-electron chi connectivity index (χ3n) is 2.24. The molecule has 6 heteroatoms. The molecule has 0 aliphatic heterocycles. The molecule has 18 heavy (non-hydrogen) atoms. The Morgan fingerprint density at radius 2 is 1.94 bits per heavy atom. The number of rotatable bonds is 3. The topological polar surface area (TPSA) is 53.1 Å². The van der Waals surface area contributed by atoms with E-state index in [2.05, 4.69) is 4.98 Å². The van der Waals surface area contributed by atoms with Crippen molar-refractivity contribution < 1.29 is 5.11 Å². The Labute approximate surface area is 118 Å². The van der Waals surface area contributed by atoms with Gasteiger partial charge in [-0.25, -0.2) is 0 Å². The number of hydrogen-bond acceptors (Lipinski definition) is 3. The number of aromatic nitrogens is 1. The zero-order valence-corrected chi connectivity index (χ0v) is 11.4. The lowest BCUT2D eigenvalue weighted by molar-refractivity contribution is 0.467. The largest absolute Gasteiger partial charge is 0.503 e. The number of benzene rings is 1. The van der Waals surface area contributed by atoms with Crippen molar-refractivity contribution in [2.75, 3.05) is 0 Å². The van der Waals surface area contributed by atoms with Crippen LogP contribution in [0.15, 0.2) is 40.2 Å². The van der Waals surface area contributed by atoms with Gasteiger partial charge in [0, 0.05) is 28.6 Å². The molecule has 0 unspecified atom stereocenters. The van der Waals surface area contributed by atoms with Crippen molar-refractivity contribution in [3.63, 3.8) is 0 Å². The van der Waals surface area contributed by atoms with Gasteiger partial charge in [0.15, 0.2) is 5.75 Å². The van der Waals surface area contributed by atoms with E-state index in [4.69, 9.17) is 28.3 Å². The van der Waals surface area contributed by atoms with Gasteiger partial charge in [-0.2, -0.15) is 0 Å². The maximum Gasteiger partial charge on any atom is 0.223 e. The summed E-state index contributed by atoms with van der Waals surface area (Å²) in [6, 6.07) is 6.65. The zero-order valence-electron chi connectivity index (χ0n) is 9.11. The van der Waals surface area contributed by atoms with Crippen molar-refractivity contribution in [1.82, 2.24) is 4.98 Å². The van der Waals surface area contributed by atoms with Gasteiger partial charge in [0.05, 0.1) is 10.0 Å². The van der Waals surface area contributed by atoms with Crippen LogP contribution in [-0.2, 0) is 5.75 Å². The average molecular weight is 302 g/mol. The van der Waals surface area contributed by atoms with Gasteiger partial charge < -0.3 is 10.1 Å². The van der Waals surface area contributed by atoms with Gasteiger partial charge in [0.1, 0.15) is 0 Å². The quantitative estimate of drug-likeness (QED) is 0.850. The Hall–Kier alpha value is -1.10. The average Bonchev–Trinajstić information content (AvgIpc) is 2.33. The molecule has 0 aliphatic carbocycles. The van der Waals surface area contributed by atoms with Crippen LogP contribution in [0, 0.1) is 0 Å². The maximum absolute atomic E-state index is 11.3. The van der Waals surface area contributed by atoms with Crippen LogP contribution in [0.2, 0.25) is 10.0 Å². The summed E-state index contributed by atoms with van der Waals surface area (Å²) < 4.78 is 0. The number of pyridine rings is 1. The highest BCUT2D eigenvalue weighted by Gasteiger charge is 2.07. The highest BCUT2D eigenvalue weighted by molar-refractivity contribution is 7.98. The third kappa shape index (κ3) is 3.02. The van der Waals surface area contributed by atoms with E-state index in [1.54, 1.807) is 18.2 Å². The first-order valence-corrected chi connectivity index (χ1v) is 6.79. The fraction of sp³-hybridized carbons (Fsp3) is 0.0833. The van der Waals surface area contributed by atoms with Gasteiger partial charge in [-0.15, -0.1) is 11.8 Å². The molecule has 0 saturated carbocycles. The predicted molar refractivity (Wildman–Crippen MR) is 74.8 cm³/mol. The van der Waals surface area contributed by atoms with E-state index in [0.717, 1.165) is 4.90 Å². The Balaban J connectivity index is 2.16. The van der Waals surface area contributed by atoms with Crippen LogP contribution >= 0.6 is 35.0 Å².